The minimum atomic E-state index is -0.351. The van der Waals surface area contributed by atoms with E-state index in [9.17, 15) is 9.18 Å². The summed E-state index contributed by atoms with van der Waals surface area (Å²) in [4.78, 5) is 12.8. The van der Waals surface area contributed by atoms with Gasteiger partial charge in [-0.25, -0.2) is 4.39 Å². The summed E-state index contributed by atoms with van der Waals surface area (Å²) in [5, 5.41) is 3.00. The van der Waals surface area contributed by atoms with Gasteiger partial charge in [0.1, 0.15) is 5.82 Å². The Bertz CT molecular complexity index is 430. The molecule has 0 saturated heterocycles. The second-order valence-corrected chi connectivity index (χ2v) is 5.57. The van der Waals surface area contributed by atoms with Crippen molar-refractivity contribution in [3.05, 3.63) is 29.6 Å². The Kier molecular flexibility index (Phi) is 4.64. The summed E-state index contributed by atoms with van der Waals surface area (Å²) in [5.74, 6) is -0.507. The molecule has 0 bridgehead atoms. The molecule has 1 N–H and O–H groups in total. The fraction of sp³-hybridized carbons (Fsp3) is 0.500. The van der Waals surface area contributed by atoms with E-state index in [1.165, 1.54) is 43.2 Å². The maximum absolute atomic E-state index is 13.4. The number of benzene rings is 1. The molecule has 0 aromatic heterocycles. The van der Waals surface area contributed by atoms with E-state index in [0.29, 0.717) is 5.56 Å². The van der Waals surface area contributed by atoms with Crippen molar-refractivity contribution < 1.29 is 9.18 Å². The third kappa shape index (κ3) is 3.48. The predicted octanol–water partition coefficient (Wildman–Crippen LogP) is 3.61. The number of halogens is 1. The molecule has 1 aliphatic rings. The summed E-state index contributed by atoms with van der Waals surface area (Å²) < 4.78 is 13.4. The molecule has 0 aliphatic heterocycles. The van der Waals surface area contributed by atoms with E-state index in [0.717, 1.165) is 17.7 Å². The zero-order valence-corrected chi connectivity index (χ0v) is 11.4. The van der Waals surface area contributed by atoms with Crippen molar-refractivity contribution in [1.29, 1.82) is 0 Å². The molecule has 0 unspecified atom stereocenters. The topological polar surface area (TPSA) is 29.1 Å². The van der Waals surface area contributed by atoms with Crippen LogP contribution in [-0.2, 0) is 0 Å². The first-order valence-electron chi connectivity index (χ1n) is 6.34. The number of rotatable bonds is 3. The molecule has 18 heavy (non-hydrogen) atoms. The van der Waals surface area contributed by atoms with Crippen LogP contribution in [0.2, 0.25) is 0 Å². The maximum atomic E-state index is 13.4. The fourth-order valence-electron chi connectivity index (χ4n) is 2.33. The summed E-state index contributed by atoms with van der Waals surface area (Å²) in [5.41, 5.74) is 0.421. The molecule has 1 fully saturated rings. The van der Waals surface area contributed by atoms with E-state index in [-0.39, 0.29) is 17.8 Å². The van der Waals surface area contributed by atoms with Crippen molar-refractivity contribution in [3.63, 3.8) is 0 Å². The number of amides is 1. The fourth-order valence-corrected chi connectivity index (χ4v) is 2.80. The van der Waals surface area contributed by atoms with Gasteiger partial charge in [0.15, 0.2) is 0 Å². The molecule has 1 saturated carbocycles. The number of carbonyl (C=O) groups is 1. The summed E-state index contributed by atoms with van der Waals surface area (Å²) in [6, 6.07) is 4.75. The van der Waals surface area contributed by atoms with Gasteiger partial charge < -0.3 is 5.32 Å². The molecule has 0 radical (unpaired) electrons. The number of thioether (sulfide) groups is 1. The molecule has 1 amide bonds. The summed E-state index contributed by atoms with van der Waals surface area (Å²) in [6.07, 6.45) is 7.54. The summed E-state index contributed by atoms with van der Waals surface area (Å²) >= 11 is 1.44. The second kappa shape index (κ2) is 6.23. The molecule has 2 nitrogen and oxygen atoms in total. The van der Waals surface area contributed by atoms with Crippen LogP contribution >= 0.6 is 11.8 Å². The standard InChI is InChI=1S/C14H18FNOS/c1-18-13-8-10(7-11(15)9-13)14(17)16-12-5-3-2-4-6-12/h7-9,12H,2-6H2,1H3,(H,16,17). The predicted molar refractivity (Wildman–Crippen MR) is 72.5 cm³/mol. The van der Waals surface area contributed by atoms with Crippen molar-refractivity contribution in [2.75, 3.05) is 6.26 Å². The summed E-state index contributed by atoms with van der Waals surface area (Å²) in [7, 11) is 0. The lowest BCUT2D eigenvalue weighted by Crippen LogP contribution is -2.36. The molecule has 1 aliphatic carbocycles. The Hall–Kier alpha value is -1.03. The molecule has 4 heteroatoms. The van der Waals surface area contributed by atoms with Gasteiger partial charge >= 0.3 is 0 Å². The van der Waals surface area contributed by atoms with Gasteiger partial charge in [0.25, 0.3) is 5.91 Å². The van der Waals surface area contributed by atoms with Gasteiger partial charge in [-0.05, 0) is 37.3 Å². The second-order valence-electron chi connectivity index (χ2n) is 4.69. The monoisotopic (exact) mass is 267 g/mol. The van der Waals surface area contributed by atoms with E-state index in [1.807, 2.05) is 6.26 Å². The van der Waals surface area contributed by atoms with Crippen LogP contribution in [0.25, 0.3) is 0 Å². The SMILES string of the molecule is CSc1cc(F)cc(C(=O)NC2CCCCC2)c1. The van der Waals surface area contributed by atoms with Crippen molar-refractivity contribution >= 4 is 17.7 Å². The van der Waals surface area contributed by atoms with Gasteiger partial charge in [-0.3, -0.25) is 4.79 Å². The van der Waals surface area contributed by atoms with Crippen molar-refractivity contribution in [1.82, 2.24) is 5.32 Å². The molecule has 2 rings (SSSR count). The van der Waals surface area contributed by atoms with Gasteiger partial charge in [-0.2, -0.15) is 0 Å². The van der Waals surface area contributed by atoms with Crippen molar-refractivity contribution in [3.8, 4) is 0 Å². The molecule has 0 spiro atoms. The van der Waals surface area contributed by atoms with Crippen LogP contribution in [0.1, 0.15) is 42.5 Å². The molecular weight excluding hydrogens is 249 g/mol. The molecule has 1 aromatic carbocycles. The Morgan fingerprint density at radius 2 is 2.00 bits per heavy atom. The summed E-state index contributed by atoms with van der Waals surface area (Å²) in [6.45, 7) is 0. The smallest absolute Gasteiger partial charge is 0.251 e. The largest absolute Gasteiger partial charge is 0.349 e. The van der Waals surface area contributed by atoms with E-state index in [4.69, 9.17) is 0 Å². The van der Waals surface area contributed by atoms with E-state index >= 15 is 0 Å². The van der Waals surface area contributed by atoms with Crippen LogP contribution in [0, 0.1) is 5.82 Å². The Balaban J connectivity index is 2.05. The van der Waals surface area contributed by atoms with Gasteiger partial charge in [0.05, 0.1) is 0 Å². The average molecular weight is 267 g/mol. The number of carbonyl (C=O) groups excluding carboxylic acids is 1. The Labute approximate surface area is 111 Å². The molecule has 98 valence electrons. The number of hydrogen-bond acceptors (Lipinski definition) is 2. The lowest BCUT2D eigenvalue weighted by molar-refractivity contribution is 0.0927. The average Bonchev–Trinajstić information content (AvgIpc) is 2.39. The first-order valence-corrected chi connectivity index (χ1v) is 7.57. The highest BCUT2D eigenvalue weighted by atomic mass is 32.2. The third-order valence-electron chi connectivity index (χ3n) is 3.31. The highest BCUT2D eigenvalue weighted by Crippen LogP contribution is 2.20. The van der Waals surface area contributed by atoms with Crippen LogP contribution in [0.3, 0.4) is 0 Å². The van der Waals surface area contributed by atoms with Gasteiger partial charge in [-0.15, -0.1) is 11.8 Å². The first-order chi connectivity index (χ1) is 8.69. The quantitative estimate of drug-likeness (QED) is 0.848. The first kappa shape index (κ1) is 13.4. The van der Waals surface area contributed by atoms with E-state index in [2.05, 4.69) is 5.32 Å². The van der Waals surface area contributed by atoms with E-state index in [1.54, 1.807) is 6.07 Å². The lowest BCUT2D eigenvalue weighted by Gasteiger charge is -2.22. The van der Waals surface area contributed by atoms with Gasteiger partial charge in [0.2, 0.25) is 0 Å². The van der Waals surface area contributed by atoms with Crippen LogP contribution in [-0.4, -0.2) is 18.2 Å². The normalized spacial score (nSPS) is 16.6. The van der Waals surface area contributed by atoms with Crippen LogP contribution < -0.4 is 5.32 Å². The highest BCUT2D eigenvalue weighted by molar-refractivity contribution is 7.98. The Morgan fingerprint density at radius 1 is 1.28 bits per heavy atom. The molecule has 0 atom stereocenters. The zero-order valence-electron chi connectivity index (χ0n) is 10.5. The lowest BCUT2D eigenvalue weighted by atomic mass is 9.95. The molecule has 1 aromatic rings. The molecular formula is C14H18FNOS. The van der Waals surface area contributed by atoms with Gasteiger partial charge in [-0.1, -0.05) is 19.3 Å². The third-order valence-corrected chi connectivity index (χ3v) is 4.02. The maximum Gasteiger partial charge on any atom is 0.251 e. The van der Waals surface area contributed by atoms with Crippen LogP contribution in [0.5, 0.6) is 0 Å². The van der Waals surface area contributed by atoms with Crippen LogP contribution in [0.4, 0.5) is 4.39 Å². The number of nitrogens with one attached hydrogen (secondary N) is 1. The minimum absolute atomic E-state index is 0.156. The van der Waals surface area contributed by atoms with Crippen molar-refractivity contribution in [2.24, 2.45) is 0 Å². The highest BCUT2D eigenvalue weighted by Gasteiger charge is 2.17. The Morgan fingerprint density at radius 3 is 2.67 bits per heavy atom. The van der Waals surface area contributed by atoms with Gasteiger partial charge in [0, 0.05) is 16.5 Å². The number of hydrogen-bond donors (Lipinski definition) is 1. The van der Waals surface area contributed by atoms with Crippen molar-refractivity contribution in [2.45, 2.75) is 43.0 Å². The van der Waals surface area contributed by atoms with E-state index < -0.39 is 0 Å². The molecule has 0 heterocycles. The minimum Gasteiger partial charge on any atom is -0.349 e. The van der Waals surface area contributed by atoms with Crippen LogP contribution in [0.15, 0.2) is 23.1 Å². The zero-order chi connectivity index (χ0) is 13.0.